The maximum atomic E-state index is 12.6. The lowest BCUT2D eigenvalue weighted by atomic mass is 10.1. The van der Waals surface area contributed by atoms with Gasteiger partial charge in [0.2, 0.25) is 12.7 Å². The minimum Gasteiger partial charge on any atom is -0.454 e. The Kier molecular flexibility index (Phi) is 4.12. The van der Waals surface area contributed by atoms with Crippen LogP contribution in [0.4, 0.5) is 0 Å². The molecule has 0 aromatic heterocycles. The molecule has 5 nitrogen and oxygen atoms in total. The quantitative estimate of drug-likeness (QED) is 0.845. The van der Waals surface area contributed by atoms with E-state index in [1.165, 1.54) is 25.9 Å². The van der Waals surface area contributed by atoms with Crippen LogP contribution in [0, 0.1) is 5.92 Å². The highest BCUT2D eigenvalue weighted by molar-refractivity contribution is 5.81. The number of amides is 1. The van der Waals surface area contributed by atoms with Crippen molar-refractivity contribution >= 4 is 5.91 Å². The number of benzene rings is 1. The van der Waals surface area contributed by atoms with Gasteiger partial charge in [-0.25, -0.2) is 0 Å². The van der Waals surface area contributed by atoms with Crippen molar-refractivity contribution in [3.8, 4) is 11.5 Å². The van der Waals surface area contributed by atoms with E-state index < -0.39 is 0 Å². The van der Waals surface area contributed by atoms with Crippen LogP contribution in [-0.2, 0) is 11.3 Å². The fourth-order valence-corrected chi connectivity index (χ4v) is 3.53. The summed E-state index contributed by atoms with van der Waals surface area (Å²) in [5, 5.41) is 0. The minimum absolute atomic E-state index is 0.276. The third-order valence-electron chi connectivity index (χ3n) is 5.09. The summed E-state index contributed by atoms with van der Waals surface area (Å²) in [6, 6.07) is 6.00. The molecule has 1 saturated heterocycles. The molecule has 1 amide bonds. The first kappa shape index (κ1) is 14.8. The number of nitrogens with one attached hydrogen (secondary N) is 1. The maximum absolute atomic E-state index is 12.6. The minimum atomic E-state index is 0.276. The van der Waals surface area contributed by atoms with Crippen molar-refractivity contribution < 1.29 is 19.2 Å². The number of carbonyl (C=O) groups excluding carboxylic acids is 1. The molecule has 0 bridgehead atoms. The van der Waals surface area contributed by atoms with E-state index in [0.29, 0.717) is 19.2 Å². The molecular formula is C18H25N2O3+. The number of likely N-dealkylation sites (tertiary alicyclic amines) is 1. The molecule has 124 valence electrons. The van der Waals surface area contributed by atoms with Gasteiger partial charge in [0.25, 0.3) is 0 Å². The second-order valence-corrected chi connectivity index (χ2v) is 6.93. The Morgan fingerprint density at radius 1 is 1.17 bits per heavy atom. The summed E-state index contributed by atoms with van der Waals surface area (Å²) in [6.45, 7) is 5.42. The summed E-state index contributed by atoms with van der Waals surface area (Å²) in [7, 11) is 0. The van der Waals surface area contributed by atoms with Crippen LogP contribution >= 0.6 is 0 Å². The fraction of sp³-hybridized carbons (Fsp3) is 0.611. The summed E-state index contributed by atoms with van der Waals surface area (Å²) < 4.78 is 10.8. The molecule has 3 aliphatic rings. The molecule has 1 N–H and O–H groups in total. The lowest BCUT2D eigenvalue weighted by Gasteiger charge is -2.24. The Hall–Kier alpha value is -1.75. The summed E-state index contributed by atoms with van der Waals surface area (Å²) in [5.74, 6) is 2.21. The number of carbonyl (C=O) groups is 1. The smallest absolute Gasteiger partial charge is 0.231 e. The zero-order valence-corrected chi connectivity index (χ0v) is 13.6. The molecule has 0 spiro atoms. The topological polar surface area (TPSA) is 43.2 Å². The first-order valence-electron chi connectivity index (χ1n) is 8.80. The predicted octanol–water partition coefficient (Wildman–Crippen LogP) is 0.833. The van der Waals surface area contributed by atoms with Crippen molar-refractivity contribution in [2.24, 2.45) is 5.92 Å². The van der Waals surface area contributed by atoms with Gasteiger partial charge in [-0.3, -0.25) is 4.79 Å². The van der Waals surface area contributed by atoms with Gasteiger partial charge in [0.05, 0.1) is 26.2 Å². The molecule has 1 aliphatic carbocycles. The van der Waals surface area contributed by atoms with Gasteiger partial charge in [0.15, 0.2) is 11.5 Å². The first-order chi connectivity index (χ1) is 11.3. The third-order valence-corrected chi connectivity index (χ3v) is 5.09. The molecule has 4 rings (SSSR count). The predicted molar refractivity (Wildman–Crippen MR) is 85.5 cm³/mol. The van der Waals surface area contributed by atoms with Gasteiger partial charge in [-0.1, -0.05) is 6.07 Å². The van der Waals surface area contributed by atoms with Crippen LogP contribution < -0.4 is 14.4 Å². The number of nitrogens with zero attached hydrogens (tertiary/aromatic N) is 1. The Balaban J connectivity index is 1.42. The molecule has 23 heavy (non-hydrogen) atoms. The van der Waals surface area contributed by atoms with E-state index >= 15 is 0 Å². The zero-order chi connectivity index (χ0) is 15.6. The highest BCUT2D eigenvalue weighted by atomic mass is 16.7. The van der Waals surface area contributed by atoms with Crippen LogP contribution in [0.25, 0.3) is 0 Å². The van der Waals surface area contributed by atoms with Crippen LogP contribution in [0.1, 0.15) is 31.2 Å². The summed E-state index contributed by atoms with van der Waals surface area (Å²) in [5.41, 5.74) is 1.12. The SMILES string of the molecule is O=C(C1CC1)N(CC[NH+]1CCCC1)Cc1ccc2c(c1)OCO2. The largest absolute Gasteiger partial charge is 0.454 e. The molecule has 0 atom stereocenters. The molecule has 0 radical (unpaired) electrons. The van der Waals surface area contributed by atoms with Crippen LogP contribution in [0.5, 0.6) is 11.5 Å². The van der Waals surface area contributed by atoms with Gasteiger partial charge in [-0.2, -0.15) is 0 Å². The Morgan fingerprint density at radius 3 is 2.74 bits per heavy atom. The number of hydrogen-bond acceptors (Lipinski definition) is 3. The standard InChI is InChI=1S/C18H24N2O3/c21-18(15-4-5-15)20(10-9-19-7-1-2-8-19)12-14-3-6-16-17(11-14)23-13-22-16/h3,6,11,15H,1-2,4-5,7-10,12-13H2/p+1. The highest BCUT2D eigenvalue weighted by Crippen LogP contribution is 2.34. The van der Waals surface area contributed by atoms with Crippen molar-refractivity contribution in [3.05, 3.63) is 23.8 Å². The number of quaternary nitrogens is 1. The van der Waals surface area contributed by atoms with E-state index in [2.05, 4.69) is 4.90 Å². The monoisotopic (exact) mass is 317 g/mol. The summed E-state index contributed by atoms with van der Waals surface area (Å²) in [4.78, 5) is 16.3. The first-order valence-corrected chi connectivity index (χ1v) is 8.80. The molecule has 5 heteroatoms. The average molecular weight is 317 g/mol. The van der Waals surface area contributed by atoms with Gasteiger partial charge in [0.1, 0.15) is 0 Å². The normalized spacial score (nSPS) is 20.0. The summed E-state index contributed by atoms with van der Waals surface area (Å²) in [6.07, 6.45) is 4.78. The molecule has 1 saturated carbocycles. The molecule has 0 unspecified atom stereocenters. The summed E-state index contributed by atoms with van der Waals surface area (Å²) >= 11 is 0. The Bertz CT molecular complexity index is 580. The third kappa shape index (κ3) is 3.44. The van der Waals surface area contributed by atoms with Crippen molar-refractivity contribution in [2.75, 3.05) is 33.0 Å². The number of hydrogen-bond donors (Lipinski definition) is 1. The molecule has 1 aromatic carbocycles. The molecule has 1 aromatic rings. The van der Waals surface area contributed by atoms with Gasteiger partial charge in [-0.15, -0.1) is 0 Å². The van der Waals surface area contributed by atoms with E-state index in [0.717, 1.165) is 43.0 Å². The van der Waals surface area contributed by atoms with Crippen molar-refractivity contribution in [1.82, 2.24) is 4.90 Å². The number of rotatable bonds is 6. The van der Waals surface area contributed by atoms with Crippen molar-refractivity contribution in [1.29, 1.82) is 0 Å². The second kappa shape index (κ2) is 6.40. The molecule has 2 aliphatic heterocycles. The zero-order valence-electron chi connectivity index (χ0n) is 13.6. The maximum Gasteiger partial charge on any atom is 0.231 e. The van der Waals surface area contributed by atoms with Crippen LogP contribution in [-0.4, -0.2) is 43.8 Å². The van der Waals surface area contributed by atoms with E-state index in [1.807, 2.05) is 18.2 Å². The Morgan fingerprint density at radius 2 is 1.96 bits per heavy atom. The van der Waals surface area contributed by atoms with Gasteiger partial charge in [-0.05, 0) is 30.5 Å². The van der Waals surface area contributed by atoms with E-state index in [1.54, 1.807) is 4.90 Å². The molecule has 2 fully saturated rings. The average Bonchev–Trinajstić information content (AvgIpc) is 3.09. The molecular weight excluding hydrogens is 292 g/mol. The van der Waals surface area contributed by atoms with Crippen molar-refractivity contribution in [3.63, 3.8) is 0 Å². The van der Waals surface area contributed by atoms with E-state index in [-0.39, 0.29) is 5.92 Å². The van der Waals surface area contributed by atoms with Crippen LogP contribution in [0.15, 0.2) is 18.2 Å². The Labute approximate surface area is 137 Å². The molecule has 2 heterocycles. The fourth-order valence-electron chi connectivity index (χ4n) is 3.53. The van der Waals surface area contributed by atoms with Gasteiger partial charge < -0.3 is 19.3 Å². The number of fused-ring (bicyclic) bond motifs is 1. The lowest BCUT2D eigenvalue weighted by molar-refractivity contribution is -0.886. The second-order valence-electron chi connectivity index (χ2n) is 6.93. The number of ether oxygens (including phenoxy) is 2. The van der Waals surface area contributed by atoms with Crippen molar-refractivity contribution in [2.45, 2.75) is 32.2 Å². The van der Waals surface area contributed by atoms with E-state index in [9.17, 15) is 4.79 Å². The van der Waals surface area contributed by atoms with E-state index in [4.69, 9.17) is 9.47 Å². The highest BCUT2D eigenvalue weighted by Gasteiger charge is 2.34. The van der Waals surface area contributed by atoms with Gasteiger partial charge >= 0.3 is 0 Å². The van der Waals surface area contributed by atoms with Crippen LogP contribution in [0.3, 0.4) is 0 Å². The van der Waals surface area contributed by atoms with Crippen LogP contribution in [0.2, 0.25) is 0 Å². The van der Waals surface area contributed by atoms with Gasteiger partial charge in [0, 0.05) is 25.3 Å². The lowest BCUT2D eigenvalue weighted by Crippen LogP contribution is -3.10.